The van der Waals surface area contributed by atoms with E-state index in [1.54, 1.807) is 16.2 Å². The zero-order valence-corrected chi connectivity index (χ0v) is 15.5. The van der Waals surface area contributed by atoms with Gasteiger partial charge in [-0.1, -0.05) is 17.7 Å². The van der Waals surface area contributed by atoms with Crippen LogP contribution in [-0.4, -0.2) is 53.4 Å². The topological polar surface area (TPSA) is 75.9 Å². The third-order valence-electron chi connectivity index (χ3n) is 4.15. The van der Waals surface area contributed by atoms with Crippen LogP contribution in [0.15, 0.2) is 35.7 Å². The number of nitrogens with zero attached hydrogens (tertiary/aromatic N) is 3. The summed E-state index contributed by atoms with van der Waals surface area (Å²) in [7, 11) is 0. The molecule has 0 unspecified atom stereocenters. The van der Waals surface area contributed by atoms with E-state index in [2.05, 4.69) is 16.3 Å². The van der Waals surface area contributed by atoms with Gasteiger partial charge in [0.15, 0.2) is 12.4 Å². The van der Waals surface area contributed by atoms with Crippen molar-refractivity contribution < 1.29 is 14.5 Å². The fourth-order valence-corrected chi connectivity index (χ4v) is 3.68. The second kappa shape index (κ2) is 8.48. The predicted molar refractivity (Wildman–Crippen MR) is 99.8 cm³/mol. The van der Waals surface area contributed by atoms with E-state index in [9.17, 15) is 14.9 Å². The highest BCUT2D eigenvalue weighted by molar-refractivity contribution is 7.09. The van der Waals surface area contributed by atoms with Gasteiger partial charge in [0.25, 0.3) is 5.91 Å². The van der Waals surface area contributed by atoms with Crippen LogP contribution in [0.2, 0.25) is 5.02 Å². The van der Waals surface area contributed by atoms with E-state index in [-0.39, 0.29) is 29.0 Å². The van der Waals surface area contributed by atoms with Gasteiger partial charge in [0.2, 0.25) is 0 Å². The molecule has 0 aliphatic carbocycles. The van der Waals surface area contributed by atoms with Gasteiger partial charge in [-0.05, 0) is 23.6 Å². The molecule has 0 N–H and O–H groups in total. The molecule has 0 spiro atoms. The molecule has 1 aromatic carbocycles. The molecule has 0 radical (unpaired) electrons. The Bertz CT molecular complexity index is 776. The number of nitro groups is 1. The van der Waals surface area contributed by atoms with Crippen LogP contribution < -0.4 is 4.74 Å². The maximum absolute atomic E-state index is 12.3. The Morgan fingerprint density at radius 3 is 2.69 bits per heavy atom. The number of thiophene rings is 1. The molecule has 3 rings (SSSR count). The second-order valence-corrected chi connectivity index (χ2v) is 7.36. The molecule has 2 heterocycles. The average molecular weight is 396 g/mol. The van der Waals surface area contributed by atoms with E-state index in [0.29, 0.717) is 13.1 Å². The minimum Gasteiger partial charge on any atom is -0.477 e. The third kappa shape index (κ3) is 4.72. The first-order valence-electron chi connectivity index (χ1n) is 8.12. The largest absolute Gasteiger partial charge is 0.477 e. The van der Waals surface area contributed by atoms with Gasteiger partial charge in [-0.2, -0.15) is 0 Å². The number of hydrogen-bond donors (Lipinski definition) is 0. The van der Waals surface area contributed by atoms with Crippen LogP contribution in [0.5, 0.6) is 5.75 Å². The minimum absolute atomic E-state index is 0.0454. The van der Waals surface area contributed by atoms with Crippen molar-refractivity contribution in [3.8, 4) is 5.75 Å². The normalized spacial score (nSPS) is 15.0. The molecule has 0 saturated carbocycles. The van der Waals surface area contributed by atoms with Crippen molar-refractivity contribution in [2.75, 3.05) is 32.8 Å². The summed E-state index contributed by atoms with van der Waals surface area (Å²) in [6.45, 7) is 3.50. The number of halogens is 1. The van der Waals surface area contributed by atoms with Crippen molar-refractivity contribution in [1.29, 1.82) is 0 Å². The molecule has 0 bridgehead atoms. The van der Waals surface area contributed by atoms with Crippen LogP contribution >= 0.6 is 22.9 Å². The van der Waals surface area contributed by atoms with Gasteiger partial charge in [-0.25, -0.2) is 0 Å². The van der Waals surface area contributed by atoms with Gasteiger partial charge in [-0.15, -0.1) is 11.3 Å². The Morgan fingerprint density at radius 1 is 1.27 bits per heavy atom. The van der Waals surface area contributed by atoms with Crippen LogP contribution in [0.25, 0.3) is 0 Å². The molecule has 1 fully saturated rings. The van der Waals surface area contributed by atoms with Crippen LogP contribution in [0, 0.1) is 10.1 Å². The molecular weight excluding hydrogens is 378 g/mol. The SMILES string of the molecule is O=C(COc1ccc(Cl)cc1[N+](=O)[O-])N1CCN(Cc2cccs2)CC1. The van der Waals surface area contributed by atoms with Gasteiger partial charge in [0, 0.05) is 48.7 Å². The van der Waals surface area contributed by atoms with Crippen molar-refractivity contribution in [1.82, 2.24) is 9.80 Å². The van der Waals surface area contributed by atoms with Crippen LogP contribution in [0.1, 0.15) is 4.88 Å². The lowest BCUT2D eigenvalue weighted by molar-refractivity contribution is -0.385. The van der Waals surface area contributed by atoms with E-state index in [1.807, 2.05) is 6.07 Å². The summed E-state index contributed by atoms with van der Waals surface area (Å²) in [5.41, 5.74) is -0.244. The molecule has 1 aliphatic rings. The Balaban J connectivity index is 1.50. The first-order chi connectivity index (χ1) is 12.5. The maximum Gasteiger partial charge on any atom is 0.312 e. The monoisotopic (exact) mass is 395 g/mol. The van der Waals surface area contributed by atoms with Crippen LogP contribution in [-0.2, 0) is 11.3 Å². The Hall–Kier alpha value is -2.16. The number of carbonyl (C=O) groups excluding carboxylic acids is 1. The van der Waals surface area contributed by atoms with Crippen molar-refractivity contribution in [3.05, 3.63) is 55.7 Å². The third-order valence-corrected chi connectivity index (χ3v) is 5.25. The van der Waals surface area contributed by atoms with E-state index >= 15 is 0 Å². The lowest BCUT2D eigenvalue weighted by atomic mass is 10.3. The molecule has 1 aromatic heterocycles. The lowest BCUT2D eigenvalue weighted by Gasteiger charge is -2.34. The smallest absolute Gasteiger partial charge is 0.312 e. The van der Waals surface area contributed by atoms with Crippen LogP contribution in [0.3, 0.4) is 0 Å². The maximum atomic E-state index is 12.3. The highest BCUT2D eigenvalue weighted by Gasteiger charge is 2.23. The summed E-state index contributed by atoms with van der Waals surface area (Å²) >= 11 is 7.50. The molecular formula is C17H18ClN3O4S. The molecule has 1 saturated heterocycles. The fraction of sp³-hybridized carbons (Fsp3) is 0.353. The first-order valence-corrected chi connectivity index (χ1v) is 9.38. The first kappa shape index (κ1) is 18.6. The quantitative estimate of drug-likeness (QED) is 0.555. The van der Waals surface area contributed by atoms with Gasteiger partial charge >= 0.3 is 5.69 Å². The summed E-state index contributed by atoms with van der Waals surface area (Å²) < 4.78 is 5.38. The Labute approximate surface area is 159 Å². The van der Waals surface area contributed by atoms with Crippen LogP contribution in [0.4, 0.5) is 5.69 Å². The highest BCUT2D eigenvalue weighted by Crippen LogP contribution is 2.29. The standard InChI is InChI=1S/C17H18ClN3O4S/c18-13-3-4-16(15(10-13)21(23)24)25-12-17(22)20-7-5-19(6-8-20)11-14-2-1-9-26-14/h1-4,9-10H,5-8,11-12H2. The summed E-state index contributed by atoms with van der Waals surface area (Å²) in [5.74, 6) is -0.130. The van der Waals surface area contributed by atoms with E-state index < -0.39 is 4.92 Å². The number of rotatable bonds is 6. The summed E-state index contributed by atoms with van der Waals surface area (Å²) in [5, 5.41) is 13.4. The molecule has 138 valence electrons. The minimum atomic E-state index is -0.574. The number of amides is 1. The van der Waals surface area contributed by atoms with Crippen molar-refractivity contribution in [2.45, 2.75) is 6.54 Å². The molecule has 0 atom stereocenters. The number of carbonyl (C=O) groups is 1. The van der Waals surface area contributed by atoms with Crippen molar-refractivity contribution >= 4 is 34.5 Å². The molecule has 7 nitrogen and oxygen atoms in total. The Morgan fingerprint density at radius 2 is 2.04 bits per heavy atom. The molecule has 1 aliphatic heterocycles. The van der Waals surface area contributed by atoms with Gasteiger partial charge in [0.1, 0.15) is 0 Å². The number of hydrogen-bond acceptors (Lipinski definition) is 6. The molecule has 26 heavy (non-hydrogen) atoms. The lowest BCUT2D eigenvalue weighted by Crippen LogP contribution is -2.49. The number of piperazine rings is 1. The molecule has 9 heteroatoms. The van der Waals surface area contributed by atoms with Crippen molar-refractivity contribution in [3.63, 3.8) is 0 Å². The average Bonchev–Trinajstić information content (AvgIpc) is 3.14. The van der Waals surface area contributed by atoms with E-state index in [1.165, 1.54) is 23.1 Å². The predicted octanol–water partition coefficient (Wildman–Crippen LogP) is 3.03. The summed E-state index contributed by atoms with van der Waals surface area (Å²) in [6, 6.07) is 8.26. The summed E-state index contributed by atoms with van der Waals surface area (Å²) in [4.78, 5) is 28.2. The molecule has 2 aromatic rings. The van der Waals surface area contributed by atoms with Gasteiger partial charge in [-0.3, -0.25) is 19.8 Å². The zero-order valence-electron chi connectivity index (χ0n) is 14.0. The number of benzene rings is 1. The summed E-state index contributed by atoms with van der Waals surface area (Å²) in [6.07, 6.45) is 0. The number of nitro benzene ring substituents is 1. The highest BCUT2D eigenvalue weighted by atomic mass is 35.5. The Kier molecular flexibility index (Phi) is 6.08. The van der Waals surface area contributed by atoms with Gasteiger partial charge in [0.05, 0.1) is 4.92 Å². The second-order valence-electron chi connectivity index (χ2n) is 5.89. The number of ether oxygens (including phenoxy) is 1. The fourth-order valence-electron chi connectivity index (χ4n) is 2.76. The van der Waals surface area contributed by atoms with Gasteiger partial charge < -0.3 is 9.64 Å². The molecule has 1 amide bonds. The van der Waals surface area contributed by atoms with E-state index in [4.69, 9.17) is 16.3 Å². The van der Waals surface area contributed by atoms with E-state index in [0.717, 1.165) is 19.6 Å². The zero-order chi connectivity index (χ0) is 18.5. The van der Waals surface area contributed by atoms with Crippen molar-refractivity contribution in [2.24, 2.45) is 0 Å².